The number of aliphatic hydroxyl groups is 2. The Bertz CT molecular complexity index is 494. The molecule has 0 saturated heterocycles. The fraction of sp³-hybridized carbons (Fsp3) is 0.700. The van der Waals surface area contributed by atoms with Crippen LogP contribution in [0.15, 0.2) is 34.4 Å². The van der Waals surface area contributed by atoms with E-state index in [2.05, 4.69) is 33.8 Å². The molecule has 124 valence electrons. The number of fused-ring (bicyclic) bond motifs is 2. The van der Waals surface area contributed by atoms with Gasteiger partial charge in [-0.3, -0.25) is 0 Å². The molecule has 0 unspecified atom stereocenters. The highest BCUT2D eigenvalue weighted by atomic mass is 16.3. The Kier molecular flexibility index (Phi) is 5.68. The second-order valence-electron chi connectivity index (χ2n) is 7.76. The van der Waals surface area contributed by atoms with Crippen LogP contribution in [-0.4, -0.2) is 22.9 Å². The third-order valence-electron chi connectivity index (χ3n) is 5.79. The SMILES string of the molecule is CC1=C[C@@H](O)CC(CO)=CC[C@H]2CCC(C)=C(CC1)C2(C)C. The first kappa shape index (κ1) is 17.5. The smallest absolute Gasteiger partial charge is 0.0761 e. The van der Waals surface area contributed by atoms with Gasteiger partial charge >= 0.3 is 0 Å². The second-order valence-corrected chi connectivity index (χ2v) is 7.76. The number of hydrogen-bond donors (Lipinski definition) is 2. The molecule has 0 heterocycles. The van der Waals surface area contributed by atoms with E-state index in [0.717, 1.165) is 24.8 Å². The van der Waals surface area contributed by atoms with Gasteiger partial charge in [-0.1, -0.05) is 42.7 Å². The lowest BCUT2D eigenvalue weighted by Crippen LogP contribution is -2.31. The summed E-state index contributed by atoms with van der Waals surface area (Å²) in [7, 11) is 0. The molecule has 2 N–H and O–H groups in total. The molecule has 2 aliphatic carbocycles. The van der Waals surface area contributed by atoms with E-state index in [0.29, 0.717) is 12.3 Å². The number of hydrogen-bond acceptors (Lipinski definition) is 2. The molecule has 2 atom stereocenters. The van der Waals surface area contributed by atoms with E-state index in [9.17, 15) is 10.2 Å². The molecule has 2 nitrogen and oxygen atoms in total. The minimum atomic E-state index is -0.472. The fourth-order valence-corrected chi connectivity index (χ4v) is 4.23. The summed E-state index contributed by atoms with van der Waals surface area (Å²) in [6.07, 6.45) is 9.82. The van der Waals surface area contributed by atoms with Crippen molar-refractivity contribution >= 4 is 0 Å². The summed E-state index contributed by atoms with van der Waals surface area (Å²) in [5.74, 6) is 0.633. The van der Waals surface area contributed by atoms with Gasteiger partial charge in [0, 0.05) is 6.42 Å². The first-order chi connectivity index (χ1) is 10.3. The molecule has 2 heteroatoms. The van der Waals surface area contributed by atoms with E-state index in [4.69, 9.17) is 0 Å². The molecule has 22 heavy (non-hydrogen) atoms. The van der Waals surface area contributed by atoms with Gasteiger partial charge in [-0.15, -0.1) is 0 Å². The predicted octanol–water partition coefficient (Wildman–Crippen LogP) is 4.54. The minimum absolute atomic E-state index is 0.0544. The molecule has 2 bridgehead atoms. The van der Waals surface area contributed by atoms with E-state index in [1.165, 1.54) is 18.4 Å². The highest BCUT2D eigenvalue weighted by molar-refractivity contribution is 5.26. The topological polar surface area (TPSA) is 40.5 Å². The van der Waals surface area contributed by atoms with Gasteiger partial charge in [-0.25, -0.2) is 0 Å². The maximum absolute atomic E-state index is 10.2. The number of allylic oxidation sites excluding steroid dienone is 4. The van der Waals surface area contributed by atoms with Crippen molar-refractivity contribution in [2.45, 2.75) is 72.3 Å². The van der Waals surface area contributed by atoms with Gasteiger partial charge in [0.1, 0.15) is 0 Å². The standard InChI is InChI=1S/C20H32O2/c1-14-5-10-19-15(2)6-8-17(20(19,3)4)9-7-16(13-21)12-18(22)11-14/h7,11,17-18,21-22H,5-6,8-10,12-13H2,1-4H3/t17-,18-/m1/s1. The average Bonchev–Trinajstić information content (AvgIpc) is 2.43. The summed E-state index contributed by atoms with van der Waals surface area (Å²) in [6, 6.07) is 0. The first-order valence-corrected chi connectivity index (χ1v) is 8.67. The normalized spacial score (nSPS) is 30.1. The van der Waals surface area contributed by atoms with Gasteiger partial charge in [-0.2, -0.15) is 0 Å². The average molecular weight is 304 g/mol. The fourth-order valence-electron chi connectivity index (χ4n) is 4.23. The highest BCUT2D eigenvalue weighted by Gasteiger charge is 2.36. The molecule has 2 rings (SSSR count). The summed E-state index contributed by atoms with van der Waals surface area (Å²) >= 11 is 0. The molecule has 0 aromatic rings. The van der Waals surface area contributed by atoms with Crippen molar-refractivity contribution in [3.63, 3.8) is 0 Å². The van der Waals surface area contributed by atoms with Crippen molar-refractivity contribution < 1.29 is 10.2 Å². The minimum Gasteiger partial charge on any atom is -0.392 e. The van der Waals surface area contributed by atoms with Crippen LogP contribution in [0.4, 0.5) is 0 Å². The van der Waals surface area contributed by atoms with Crippen LogP contribution in [0.3, 0.4) is 0 Å². The first-order valence-electron chi connectivity index (χ1n) is 8.67. The van der Waals surface area contributed by atoms with E-state index in [1.807, 2.05) is 6.08 Å². The zero-order valence-corrected chi connectivity index (χ0v) is 14.7. The van der Waals surface area contributed by atoms with Gasteiger partial charge in [0.2, 0.25) is 0 Å². The van der Waals surface area contributed by atoms with Crippen LogP contribution < -0.4 is 0 Å². The Morgan fingerprint density at radius 2 is 1.91 bits per heavy atom. The van der Waals surface area contributed by atoms with Crippen LogP contribution in [0.2, 0.25) is 0 Å². The Labute approximate surface area is 135 Å². The Hall–Kier alpha value is -0.860. The molecule has 0 saturated carbocycles. The third kappa shape index (κ3) is 3.91. The molecular weight excluding hydrogens is 272 g/mol. The molecular formula is C20H32O2. The van der Waals surface area contributed by atoms with E-state index >= 15 is 0 Å². The summed E-state index contributed by atoms with van der Waals surface area (Å²) in [5, 5.41) is 19.7. The van der Waals surface area contributed by atoms with Crippen molar-refractivity contribution in [2.75, 3.05) is 6.61 Å². The van der Waals surface area contributed by atoms with Crippen molar-refractivity contribution in [1.82, 2.24) is 0 Å². The van der Waals surface area contributed by atoms with Crippen LogP contribution in [-0.2, 0) is 0 Å². The maximum atomic E-state index is 10.2. The number of aliphatic hydroxyl groups excluding tert-OH is 2. The van der Waals surface area contributed by atoms with E-state index in [1.54, 1.807) is 11.1 Å². The van der Waals surface area contributed by atoms with Crippen molar-refractivity contribution in [1.29, 1.82) is 0 Å². The molecule has 0 spiro atoms. The van der Waals surface area contributed by atoms with Crippen LogP contribution in [0, 0.1) is 11.3 Å². The summed E-state index contributed by atoms with van der Waals surface area (Å²) in [5.41, 5.74) is 5.64. The van der Waals surface area contributed by atoms with Crippen LogP contribution in [0.1, 0.15) is 66.2 Å². The summed E-state index contributed by atoms with van der Waals surface area (Å²) in [6.45, 7) is 9.24. The molecule has 0 aromatic heterocycles. The zero-order valence-electron chi connectivity index (χ0n) is 14.7. The van der Waals surface area contributed by atoms with Crippen LogP contribution in [0.5, 0.6) is 0 Å². The van der Waals surface area contributed by atoms with Gasteiger partial charge < -0.3 is 10.2 Å². The van der Waals surface area contributed by atoms with E-state index in [-0.39, 0.29) is 12.0 Å². The van der Waals surface area contributed by atoms with Gasteiger partial charge in [0.05, 0.1) is 12.7 Å². The largest absolute Gasteiger partial charge is 0.392 e. The lowest BCUT2D eigenvalue weighted by Gasteiger charge is -2.42. The third-order valence-corrected chi connectivity index (χ3v) is 5.79. The quantitative estimate of drug-likeness (QED) is 0.698. The lowest BCUT2D eigenvalue weighted by molar-refractivity contribution is 0.207. The van der Waals surface area contributed by atoms with E-state index < -0.39 is 6.10 Å². The van der Waals surface area contributed by atoms with Gasteiger partial charge in [-0.05, 0) is 62.9 Å². The molecule has 0 amide bonds. The Balaban J connectivity index is 2.36. The van der Waals surface area contributed by atoms with Gasteiger partial charge in [0.15, 0.2) is 0 Å². The molecule has 0 fully saturated rings. The summed E-state index contributed by atoms with van der Waals surface area (Å²) in [4.78, 5) is 0. The second kappa shape index (κ2) is 7.14. The molecule has 2 aliphatic rings. The predicted molar refractivity (Wildman–Crippen MR) is 92.6 cm³/mol. The Morgan fingerprint density at radius 3 is 2.59 bits per heavy atom. The highest BCUT2D eigenvalue weighted by Crippen LogP contribution is 2.48. The van der Waals surface area contributed by atoms with Crippen LogP contribution in [0.25, 0.3) is 0 Å². The molecule has 0 aliphatic heterocycles. The van der Waals surface area contributed by atoms with Crippen molar-refractivity contribution in [3.05, 3.63) is 34.4 Å². The van der Waals surface area contributed by atoms with Crippen molar-refractivity contribution in [2.24, 2.45) is 11.3 Å². The maximum Gasteiger partial charge on any atom is 0.0761 e. The monoisotopic (exact) mass is 304 g/mol. The molecule has 0 aromatic carbocycles. The van der Waals surface area contributed by atoms with Crippen LogP contribution >= 0.6 is 0 Å². The number of rotatable bonds is 1. The van der Waals surface area contributed by atoms with Crippen molar-refractivity contribution in [3.8, 4) is 0 Å². The molecule has 0 radical (unpaired) electrons. The zero-order chi connectivity index (χ0) is 16.3. The summed E-state index contributed by atoms with van der Waals surface area (Å²) < 4.78 is 0. The lowest BCUT2D eigenvalue weighted by atomic mass is 9.63. The van der Waals surface area contributed by atoms with Gasteiger partial charge in [0.25, 0.3) is 0 Å². The Morgan fingerprint density at radius 1 is 1.18 bits per heavy atom.